The third-order valence-electron chi connectivity index (χ3n) is 4.32. The number of hydrogen-bond donors (Lipinski definition) is 1. The molecule has 2 amide bonds. The molecule has 4 nitrogen and oxygen atoms in total. The number of carbonyl (C=O) groups is 2. The van der Waals surface area contributed by atoms with Gasteiger partial charge in [-0.1, -0.05) is 60.4 Å². The predicted octanol–water partition coefficient (Wildman–Crippen LogP) is 4.53. The Morgan fingerprint density at radius 1 is 1.15 bits per heavy atom. The van der Waals surface area contributed by atoms with Gasteiger partial charge in [-0.2, -0.15) is 0 Å². The second-order valence-electron chi connectivity index (χ2n) is 6.34. The van der Waals surface area contributed by atoms with E-state index in [1.165, 1.54) is 22.2 Å². The summed E-state index contributed by atoms with van der Waals surface area (Å²) < 4.78 is 0.487. The molecule has 2 aromatic carbocycles. The highest BCUT2D eigenvalue weighted by molar-refractivity contribution is 8.26. The van der Waals surface area contributed by atoms with Gasteiger partial charge in [-0.05, 0) is 48.7 Å². The van der Waals surface area contributed by atoms with E-state index >= 15 is 0 Å². The SMILES string of the molecule is Cc1ccc(NC(=O)CCN2C(=O)/C(=C/c3ccccc3)SC2=S)cc1C. The molecule has 0 radical (unpaired) electrons. The van der Waals surface area contributed by atoms with E-state index in [4.69, 9.17) is 12.2 Å². The zero-order chi connectivity index (χ0) is 19.4. The molecule has 1 fully saturated rings. The Morgan fingerprint density at radius 3 is 2.59 bits per heavy atom. The van der Waals surface area contributed by atoms with Gasteiger partial charge in [0.05, 0.1) is 4.91 Å². The molecule has 27 heavy (non-hydrogen) atoms. The number of thioether (sulfide) groups is 1. The van der Waals surface area contributed by atoms with Crippen LogP contribution in [0.25, 0.3) is 6.08 Å². The van der Waals surface area contributed by atoms with Crippen molar-refractivity contribution in [3.8, 4) is 0 Å². The zero-order valence-corrected chi connectivity index (χ0v) is 16.8. The molecule has 3 rings (SSSR count). The van der Waals surface area contributed by atoms with E-state index in [1.807, 2.05) is 68.5 Å². The normalized spacial score (nSPS) is 15.5. The molecular formula is C21H20N2O2S2. The van der Waals surface area contributed by atoms with Crippen LogP contribution in [0.4, 0.5) is 5.69 Å². The molecule has 0 aromatic heterocycles. The van der Waals surface area contributed by atoms with Crippen molar-refractivity contribution in [3.05, 3.63) is 70.1 Å². The number of thiocarbonyl (C=S) groups is 1. The largest absolute Gasteiger partial charge is 0.326 e. The molecule has 0 unspecified atom stereocenters. The van der Waals surface area contributed by atoms with E-state index in [1.54, 1.807) is 0 Å². The lowest BCUT2D eigenvalue weighted by atomic mass is 10.1. The third kappa shape index (κ3) is 4.84. The fourth-order valence-corrected chi connectivity index (χ4v) is 3.96. The molecule has 0 spiro atoms. The predicted molar refractivity (Wildman–Crippen MR) is 115 cm³/mol. The summed E-state index contributed by atoms with van der Waals surface area (Å²) >= 11 is 6.59. The molecule has 0 bridgehead atoms. The van der Waals surface area contributed by atoms with Crippen molar-refractivity contribution in [1.82, 2.24) is 4.90 Å². The Bertz CT molecular complexity index is 923. The van der Waals surface area contributed by atoms with Gasteiger partial charge < -0.3 is 5.32 Å². The third-order valence-corrected chi connectivity index (χ3v) is 5.70. The van der Waals surface area contributed by atoms with E-state index in [9.17, 15) is 9.59 Å². The van der Waals surface area contributed by atoms with E-state index in [-0.39, 0.29) is 24.8 Å². The maximum Gasteiger partial charge on any atom is 0.266 e. The monoisotopic (exact) mass is 396 g/mol. The number of nitrogens with zero attached hydrogens (tertiary/aromatic N) is 1. The number of benzene rings is 2. The molecule has 6 heteroatoms. The van der Waals surface area contributed by atoms with Crippen molar-refractivity contribution in [3.63, 3.8) is 0 Å². The van der Waals surface area contributed by atoms with Crippen LogP contribution in [0.15, 0.2) is 53.4 Å². The number of hydrogen-bond acceptors (Lipinski definition) is 4. The van der Waals surface area contributed by atoms with Gasteiger partial charge in [0.25, 0.3) is 5.91 Å². The van der Waals surface area contributed by atoms with Crippen LogP contribution in [0.2, 0.25) is 0 Å². The van der Waals surface area contributed by atoms with Gasteiger partial charge in [0.1, 0.15) is 4.32 Å². The van der Waals surface area contributed by atoms with Gasteiger partial charge in [0, 0.05) is 18.7 Å². The number of aryl methyl sites for hydroxylation is 2. The van der Waals surface area contributed by atoms with Crippen molar-refractivity contribution in [1.29, 1.82) is 0 Å². The van der Waals surface area contributed by atoms with Crippen molar-refractivity contribution >= 4 is 51.9 Å². The highest BCUT2D eigenvalue weighted by Gasteiger charge is 2.32. The Labute approximate surface area is 168 Å². The molecule has 2 aromatic rings. The van der Waals surface area contributed by atoms with Crippen molar-refractivity contribution in [2.45, 2.75) is 20.3 Å². The quantitative estimate of drug-likeness (QED) is 0.596. The summed E-state index contributed by atoms with van der Waals surface area (Å²) in [6.45, 7) is 4.30. The minimum atomic E-state index is -0.146. The van der Waals surface area contributed by atoms with Crippen LogP contribution in [0.1, 0.15) is 23.1 Å². The van der Waals surface area contributed by atoms with Crippen LogP contribution in [0.5, 0.6) is 0 Å². The summed E-state index contributed by atoms with van der Waals surface area (Å²) in [6.07, 6.45) is 2.02. The fraction of sp³-hybridized carbons (Fsp3) is 0.190. The van der Waals surface area contributed by atoms with Gasteiger partial charge in [0.2, 0.25) is 5.91 Å². The second kappa shape index (κ2) is 8.50. The smallest absolute Gasteiger partial charge is 0.266 e. The highest BCUT2D eigenvalue weighted by atomic mass is 32.2. The summed E-state index contributed by atoms with van der Waals surface area (Å²) in [7, 11) is 0. The lowest BCUT2D eigenvalue weighted by Gasteiger charge is -2.14. The summed E-state index contributed by atoms with van der Waals surface area (Å²) in [5.74, 6) is -0.285. The minimum absolute atomic E-state index is 0.139. The lowest BCUT2D eigenvalue weighted by Crippen LogP contribution is -2.31. The van der Waals surface area contributed by atoms with E-state index < -0.39 is 0 Å². The van der Waals surface area contributed by atoms with Crippen LogP contribution >= 0.6 is 24.0 Å². The van der Waals surface area contributed by atoms with Crippen molar-refractivity contribution in [2.24, 2.45) is 0 Å². The topological polar surface area (TPSA) is 49.4 Å². The summed E-state index contributed by atoms with van der Waals surface area (Å²) in [5, 5.41) is 2.87. The second-order valence-corrected chi connectivity index (χ2v) is 8.02. The van der Waals surface area contributed by atoms with Gasteiger partial charge in [-0.25, -0.2) is 0 Å². The van der Waals surface area contributed by atoms with Crippen LogP contribution in [0.3, 0.4) is 0 Å². The number of nitrogens with one attached hydrogen (secondary N) is 1. The molecule has 0 atom stereocenters. The molecule has 1 aliphatic rings. The molecule has 0 aliphatic carbocycles. The highest BCUT2D eigenvalue weighted by Crippen LogP contribution is 2.32. The lowest BCUT2D eigenvalue weighted by molar-refractivity contribution is -0.122. The molecule has 0 saturated carbocycles. The first-order valence-corrected chi connectivity index (χ1v) is 9.84. The average Bonchev–Trinajstić information content (AvgIpc) is 2.90. The van der Waals surface area contributed by atoms with Gasteiger partial charge in [0.15, 0.2) is 0 Å². The number of carbonyl (C=O) groups excluding carboxylic acids is 2. The Balaban J connectivity index is 1.59. The van der Waals surface area contributed by atoms with Crippen molar-refractivity contribution < 1.29 is 9.59 Å². The number of rotatable bonds is 5. The van der Waals surface area contributed by atoms with E-state index in [0.717, 1.165) is 16.8 Å². The standard InChI is InChI=1S/C21H20N2O2S2/c1-14-8-9-17(12-15(14)2)22-19(24)10-11-23-20(25)18(27-21(23)26)13-16-6-4-3-5-7-16/h3-9,12-13H,10-11H2,1-2H3,(H,22,24)/b18-13-. The van der Waals surface area contributed by atoms with Crippen LogP contribution in [-0.4, -0.2) is 27.6 Å². The number of anilines is 1. The first-order valence-electron chi connectivity index (χ1n) is 8.61. The summed E-state index contributed by atoms with van der Waals surface area (Å²) in [6, 6.07) is 15.4. The van der Waals surface area contributed by atoms with E-state index in [0.29, 0.717) is 9.23 Å². The average molecular weight is 397 g/mol. The first kappa shape index (κ1) is 19.3. The molecular weight excluding hydrogens is 376 g/mol. The molecule has 1 heterocycles. The van der Waals surface area contributed by atoms with Crippen LogP contribution in [0, 0.1) is 13.8 Å². The van der Waals surface area contributed by atoms with Gasteiger partial charge in [-0.15, -0.1) is 0 Å². The van der Waals surface area contributed by atoms with Crippen molar-refractivity contribution in [2.75, 3.05) is 11.9 Å². The van der Waals surface area contributed by atoms with Crippen LogP contribution < -0.4 is 5.32 Å². The Morgan fingerprint density at radius 2 is 1.89 bits per heavy atom. The maximum atomic E-state index is 12.6. The molecule has 1 aliphatic heterocycles. The molecule has 138 valence electrons. The Hall–Kier alpha value is -2.44. The Kier molecular flexibility index (Phi) is 6.08. The number of amides is 2. The zero-order valence-electron chi connectivity index (χ0n) is 15.2. The van der Waals surface area contributed by atoms with Crippen LogP contribution in [-0.2, 0) is 9.59 Å². The maximum absolute atomic E-state index is 12.6. The molecule has 1 saturated heterocycles. The van der Waals surface area contributed by atoms with Gasteiger partial charge >= 0.3 is 0 Å². The van der Waals surface area contributed by atoms with E-state index in [2.05, 4.69) is 5.32 Å². The summed E-state index contributed by atoms with van der Waals surface area (Å²) in [4.78, 5) is 26.9. The van der Waals surface area contributed by atoms with Gasteiger partial charge in [-0.3, -0.25) is 14.5 Å². The fourth-order valence-electron chi connectivity index (χ4n) is 2.65. The summed E-state index contributed by atoms with van der Waals surface area (Å²) in [5.41, 5.74) is 4.01. The minimum Gasteiger partial charge on any atom is -0.326 e. The molecule has 1 N–H and O–H groups in total. The first-order chi connectivity index (χ1) is 12.9.